The predicted molar refractivity (Wildman–Crippen MR) is 85.5 cm³/mol. The summed E-state index contributed by atoms with van der Waals surface area (Å²) in [6.45, 7) is 2.56. The summed E-state index contributed by atoms with van der Waals surface area (Å²) in [6.07, 6.45) is 4.73. The molecule has 0 spiro atoms. The summed E-state index contributed by atoms with van der Waals surface area (Å²) in [7, 11) is 1.38. The highest BCUT2D eigenvalue weighted by Gasteiger charge is 2.32. The predicted octanol–water partition coefficient (Wildman–Crippen LogP) is 2.87. The average molecular weight is 303 g/mol. The lowest BCUT2D eigenvalue weighted by atomic mass is 10.1. The topological polar surface area (TPSA) is 46.6 Å². The lowest BCUT2D eigenvalue weighted by molar-refractivity contribution is -0.141. The minimum atomic E-state index is -0.252. The van der Waals surface area contributed by atoms with Crippen LogP contribution in [0.1, 0.15) is 43.2 Å². The molecular formula is C18H25NO3. The number of amides is 1. The second-order valence-corrected chi connectivity index (χ2v) is 5.98. The molecule has 4 nitrogen and oxygen atoms in total. The third kappa shape index (κ3) is 5.17. The molecule has 0 atom stereocenters. The molecule has 0 radical (unpaired) electrons. The van der Waals surface area contributed by atoms with Gasteiger partial charge in [0.25, 0.3) is 0 Å². The normalized spacial score (nSPS) is 13.7. The van der Waals surface area contributed by atoms with Gasteiger partial charge in [-0.05, 0) is 38.2 Å². The first-order valence-electron chi connectivity index (χ1n) is 8.02. The maximum atomic E-state index is 12.3. The van der Waals surface area contributed by atoms with E-state index in [4.69, 9.17) is 0 Å². The Morgan fingerprint density at radius 3 is 2.45 bits per heavy atom. The summed E-state index contributed by atoms with van der Waals surface area (Å²) in [4.78, 5) is 25.5. The molecule has 0 aromatic heterocycles. The van der Waals surface area contributed by atoms with Gasteiger partial charge in [-0.1, -0.05) is 29.8 Å². The molecular weight excluding hydrogens is 278 g/mol. The molecule has 0 saturated heterocycles. The van der Waals surface area contributed by atoms with Crippen molar-refractivity contribution in [2.24, 2.45) is 0 Å². The fraction of sp³-hybridized carbons (Fsp3) is 0.556. The van der Waals surface area contributed by atoms with Crippen molar-refractivity contribution in [2.75, 3.05) is 13.7 Å². The molecule has 2 rings (SSSR count). The third-order valence-corrected chi connectivity index (χ3v) is 4.07. The van der Waals surface area contributed by atoms with Crippen LogP contribution in [-0.4, -0.2) is 36.5 Å². The van der Waals surface area contributed by atoms with Crippen molar-refractivity contribution >= 4 is 11.9 Å². The van der Waals surface area contributed by atoms with E-state index in [1.807, 2.05) is 4.90 Å². The van der Waals surface area contributed by atoms with E-state index < -0.39 is 0 Å². The summed E-state index contributed by atoms with van der Waals surface area (Å²) in [5.74, 6) is -0.0865. The molecule has 1 aromatic rings. The molecule has 0 unspecified atom stereocenters. The van der Waals surface area contributed by atoms with Crippen molar-refractivity contribution in [3.8, 4) is 0 Å². The highest BCUT2D eigenvalue weighted by molar-refractivity contribution is 5.78. The molecule has 0 N–H and O–H groups in total. The zero-order chi connectivity index (χ0) is 15.9. The van der Waals surface area contributed by atoms with Crippen molar-refractivity contribution in [1.82, 2.24) is 4.90 Å². The number of ether oxygens (including phenoxy) is 1. The minimum absolute atomic E-state index is 0.165. The first-order chi connectivity index (χ1) is 10.6. The van der Waals surface area contributed by atoms with Gasteiger partial charge in [0.05, 0.1) is 13.5 Å². The van der Waals surface area contributed by atoms with Gasteiger partial charge in [-0.2, -0.15) is 0 Å². The van der Waals surface area contributed by atoms with Gasteiger partial charge in [-0.15, -0.1) is 0 Å². The standard InChI is InChI=1S/C18H25NO3/c1-14-6-8-15(9-7-14)4-3-5-17(20)19(16-10-11-16)13-12-18(21)22-2/h6-9,16H,3-5,10-13H2,1-2H3. The van der Waals surface area contributed by atoms with Crippen LogP contribution in [0.15, 0.2) is 24.3 Å². The van der Waals surface area contributed by atoms with Gasteiger partial charge in [0.15, 0.2) is 0 Å². The molecule has 1 fully saturated rings. The molecule has 0 heterocycles. The zero-order valence-electron chi connectivity index (χ0n) is 13.5. The molecule has 1 aliphatic rings. The number of hydrogen-bond donors (Lipinski definition) is 0. The van der Waals surface area contributed by atoms with Crippen molar-refractivity contribution in [3.63, 3.8) is 0 Å². The van der Waals surface area contributed by atoms with E-state index in [1.54, 1.807) is 0 Å². The largest absolute Gasteiger partial charge is 0.469 e. The summed E-state index contributed by atoms with van der Waals surface area (Å²) in [6, 6.07) is 8.79. The van der Waals surface area contributed by atoms with Gasteiger partial charge in [0, 0.05) is 19.0 Å². The number of rotatable bonds is 8. The summed E-state index contributed by atoms with van der Waals surface area (Å²) < 4.78 is 4.65. The SMILES string of the molecule is COC(=O)CCN(C(=O)CCCc1ccc(C)cc1)C1CC1. The highest BCUT2D eigenvalue weighted by Crippen LogP contribution is 2.28. The number of hydrogen-bond acceptors (Lipinski definition) is 3. The van der Waals surface area contributed by atoms with Crippen molar-refractivity contribution in [3.05, 3.63) is 35.4 Å². The van der Waals surface area contributed by atoms with Gasteiger partial charge in [-0.25, -0.2) is 0 Å². The van der Waals surface area contributed by atoms with Crippen LogP contribution in [0.3, 0.4) is 0 Å². The van der Waals surface area contributed by atoms with Crippen molar-refractivity contribution < 1.29 is 14.3 Å². The zero-order valence-corrected chi connectivity index (χ0v) is 13.5. The first kappa shape index (κ1) is 16.5. The monoisotopic (exact) mass is 303 g/mol. The number of carbonyl (C=O) groups excluding carboxylic acids is 2. The Morgan fingerprint density at radius 2 is 1.86 bits per heavy atom. The lowest BCUT2D eigenvalue weighted by Gasteiger charge is -2.22. The van der Waals surface area contributed by atoms with Gasteiger partial charge in [0.1, 0.15) is 0 Å². The Bertz CT molecular complexity index is 506. The Labute approximate surface area is 132 Å². The number of carbonyl (C=O) groups is 2. The fourth-order valence-electron chi connectivity index (χ4n) is 2.55. The van der Waals surface area contributed by atoms with Crippen LogP contribution in [0.2, 0.25) is 0 Å². The number of nitrogens with zero attached hydrogens (tertiary/aromatic N) is 1. The van der Waals surface area contributed by atoms with E-state index in [9.17, 15) is 9.59 Å². The molecule has 22 heavy (non-hydrogen) atoms. The quantitative estimate of drug-likeness (QED) is 0.694. The van der Waals surface area contributed by atoms with E-state index in [-0.39, 0.29) is 18.3 Å². The maximum absolute atomic E-state index is 12.3. The molecule has 0 bridgehead atoms. The minimum Gasteiger partial charge on any atom is -0.469 e. The van der Waals surface area contributed by atoms with E-state index >= 15 is 0 Å². The van der Waals surface area contributed by atoms with Crippen LogP contribution in [0, 0.1) is 6.92 Å². The van der Waals surface area contributed by atoms with Gasteiger partial charge in [-0.3, -0.25) is 9.59 Å². The third-order valence-electron chi connectivity index (χ3n) is 4.07. The van der Waals surface area contributed by atoms with Gasteiger partial charge >= 0.3 is 5.97 Å². The van der Waals surface area contributed by atoms with Crippen LogP contribution in [0.5, 0.6) is 0 Å². The molecule has 1 saturated carbocycles. The fourth-order valence-corrected chi connectivity index (χ4v) is 2.55. The smallest absolute Gasteiger partial charge is 0.307 e. The average Bonchev–Trinajstić information content (AvgIpc) is 3.34. The van der Waals surface area contributed by atoms with E-state index in [0.717, 1.165) is 25.7 Å². The molecule has 4 heteroatoms. The number of aryl methyl sites for hydroxylation is 2. The van der Waals surface area contributed by atoms with Crippen LogP contribution >= 0.6 is 0 Å². The van der Waals surface area contributed by atoms with E-state index in [1.165, 1.54) is 18.2 Å². The summed E-state index contributed by atoms with van der Waals surface area (Å²) in [5.41, 5.74) is 2.52. The highest BCUT2D eigenvalue weighted by atomic mass is 16.5. The van der Waals surface area contributed by atoms with Crippen LogP contribution in [0.25, 0.3) is 0 Å². The first-order valence-corrected chi connectivity index (χ1v) is 8.02. The van der Waals surface area contributed by atoms with Gasteiger partial charge < -0.3 is 9.64 Å². The number of esters is 1. The Hall–Kier alpha value is -1.84. The molecule has 1 aromatic carbocycles. The second kappa shape index (κ2) is 7.97. The number of benzene rings is 1. The molecule has 1 amide bonds. The number of methoxy groups -OCH3 is 1. The maximum Gasteiger partial charge on any atom is 0.307 e. The van der Waals surface area contributed by atoms with Crippen LogP contribution in [0.4, 0.5) is 0 Å². The summed E-state index contributed by atoms with van der Waals surface area (Å²) in [5, 5.41) is 0. The Morgan fingerprint density at radius 1 is 1.18 bits per heavy atom. The van der Waals surface area contributed by atoms with E-state index in [0.29, 0.717) is 19.0 Å². The Balaban J connectivity index is 1.76. The van der Waals surface area contributed by atoms with E-state index in [2.05, 4.69) is 35.9 Å². The van der Waals surface area contributed by atoms with Crippen molar-refractivity contribution in [1.29, 1.82) is 0 Å². The van der Waals surface area contributed by atoms with Crippen molar-refractivity contribution in [2.45, 2.75) is 51.5 Å². The molecule has 0 aliphatic heterocycles. The van der Waals surface area contributed by atoms with Crippen LogP contribution in [-0.2, 0) is 20.7 Å². The second-order valence-electron chi connectivity index (χ2n) is 5.98. The summed E-state index contributed by atoms with van der Waals surface area (Å²) >= 11 is 0. The molecule has 120 valence electrons. The molecule has 1 aliphatic carbocycles. The Kier molecular flexibility index (Phi) is 5.99. The van der Waals surface area contributed by atoms with Crippen LogP contribution < -0.4 is 0 Å². The van der Waals surface area contributed by atoms with Gasteiger partial charge in [0.2, 0.25) is 5.91 Å². The lowest BCUT2D eigenvalue weighted by Crippen LogP contribution is -2.35.